The van der Waals surface area contributed by atoms with Crippen LogP contribution in [0.5, 0.6) is 5.75 Å². The molecule has 0 radical (unpaired) electrons. The largest absolute Gasteiger partial charge is 0.487 e. The van der Waals surface area contributed by atoms with Crippen LogP contribution in [0, 0.1) is 11.8 Å². The summed E-state index contributed by atoms with van der Waals surface area (Å²) in [5.74, 6) is 0.219. The fourth-order valence-corrected chi connectivity index (χ4v) is 7.51. The van der Waals surface area contributed by atoms with Crippen molar-refractivity contribution in [1.82, 2.24) is 15.2 Å². The highest BCUT2D eigenvalue weighted by Crippen LogP contribution is 2.35. The Morgan fingerprint density at radius 1 is 0.927 bits per heavy atom. The van der Waals surface area contributed by atoms with Crippen molar-refractivity contribution in [3.8, 4) is 5.75 Å². The smallest absolute Gasteiger partial charge is 0.408 e. The van der Waals surface area contributed by atoms with Crippen molar-refractivity contribution < 1.29 is 23.9 Å². The van der Waals surface area contributed by atoms with E-state index in [-0.39, 0.29) is 24.5 Å². The molecule has 4 aliphatic rings. The number of benzene rings is 1. The van der Waals surface area contributed by atoms with Gasteiger partial charge in [-0.2, -0.15) is 0 Å². The van der Waals surface area contributed by atoms with Gasteiger partial charge in [0.05, 0.1) is 17.8 Å². The third-order valence-electron chi connectivity index (χ3n) is 9.68. The molecule has 3 N–H and O–H groups in total. The summed E-state index contributed by atoms with van der Waals surface area (Å²) < 4.78 is 12.5. The number of fused-ring (bicyclic) bond motifs is 5. The summed E-state index contributed by atoms with van der Waals surface area (Å²) in [6.45, 7) is 0.226. The second-order valence-electron chi connectivity index (χ2n) is 12.4. The van der Waals surface area contributed by atoms with Gasteiger partial charge in [-0.15, -0.1) is 0 Å². The number of alkyl carbamates (subject to hydrolysis) is 1. The van der Waals surface area contributed by atoms with Crippen LogP contribution in [0.2, 0.25) is 0 Å². The van der Waals surface area contributed by atoms with E-state index in [0.717, 1.165) is 93.6 Å². The van der Waals surface area contributed by atoms with Crippen LogP contribution in [0.1, 0.15) is 82.7 Å². The summed E-state index contributed by atoms with van der Waals surface area (Å²) in [7, 11) is 0. The maximum atomic E-state index is 14.1. The standard InChI is InChI=1S/C32H42N4O5/c33-30(37)26-18-23-19-36(26)31(38)29(21-10-4-5-11-21)35-32(39)41-27-16-8-13-20(27)9-2-1-3-15-25-28(40-23)17-22-12-6-7-14-24(22)34-25/h6-7,12,14,17,20-21,23,26-27,29H,1-5,8-11,13,15-16,18-19H2,(H2,33,37)(H,35,39)/t20-,23?,26+,27?,29+/m1/s1. The summed E-state index contributed by atoms with van der Waals surface area (Å²) in [5, 5.41) is 3.94. The topological polar surface area (TPSA) is 124 Å². The Balaban J connectivity index is 1.32. The predicted octanol–water partition coefficient (Wildman–Crippen LogP) is 4.64. The highest BCUT2D eigenvalue weighted by atomic mass is 16.6. The number of nitrogens with zero attached hydrogens (tertiary/aromatic N) is 2. The number of ether oxygens (including phenoxy) is 2. The number of hydrogen-bond acceptors (Lipinski definition) is 6. The molecule has 5 atom stereocenters. The predicted molar refractivity (Wildman–Crippen MR) is 154 cm³/mol. The molecule has 41 heavy (non-hydrogen) atoms. The molecule has 2 bridgehead atoms. The molecule has 6 rings (SSSR count). The molecule has 2 saturated carbocycles. The number of amides is 3. The first-order valence-electron chi connectivity index (χ1n) is 15.6. The summed E-state index contributed by atoms with van der Waals surface area (Å²) >= 11 is 0. The first-order valence-corrected chi connectivity index (χ1v) is 15.6. The van der Waals surface area contributed by atoms with Crippen molar-refractivity contribution >= 4 is 28.8 Å². The zero-order chi connectivity index (χ0) is 28.3. The fraction of sp³-hybridized carbons (Fsp3) is 0.625. The van der Waals surface area contributed by atoms with Crippen LogP contribution in [0.3, 0.4) is 0 Å². The Hall–Kier alpha value is -3.36. The van der Waals surface area contributed by atoms with Gasteiger partial charge >= 0.3 is 6.09 Å². The van der Waals surface area contributed by atoms with E-state index < -0.39 is 30.2 Å². The molecule has 1 saturated heterocycles. The molecule has 9 heteroatoms. The number of hydrogen-bond donors (Lipinski definition) is 2. The number of pyridine rings is 1. The third-order valence-corrected chi connectivity index (χ3v) is 9.68. The molecule has 220 valence electrons. The number of nitrogens with two attached hydrogens (primary N) is 1. The highest BCUT2D eigenvalue weighted by molar-refractivity contribution is 5.91. The maximum absolute atomic E-state index is 14.1. The summed E-state index contributed by atoms with van der Waals surface area (Å²) in [6.07, 6.45) is 10.8. The fourth-order valence-electron chi connectivity index (χ4n) is 7.51. The lowest BCUT2D eigenvalue weighted by atomic mass is 9.96. The van der Waals surface area contributed by atoms with Crippen molar-refractivity contribution in [2.24, 2.45) is 17.6 Å². The van der Waals surface area contributed by atoms with Crippen molar-refractivity contribution in [2.45, 2.75) is 108 Å². The van der Waals surface area contributed by atoms with Gasteiger partial charge in [0.1, 0.15) is 30.0 Å². The minimum absolute atomic E-state index is 0.00445. The molecule has 1 aromatic heterocycles. The van der Waals surface area contributed by atoms with E-state index in [4.69, 9.17) is 20.2 Å². The lowest BCUT2D eigenvalue weighted by Crippen LogP contribution is -2.55. The molecule has 2 aliphatic carbocycles. The van der Waals surface area contributed by atoms with Crippen LogP contribution in [-0.2, 0) is 20.7 Å². The first kappa shape index (κ1) is 27.8. The van der Waals surface area contributed by atoms with E-state index in [1.807, 2.05) is 30.3 Å². The molecular formula is C32H42N4O5. The first-order chi connectivity index (χ1) is 20.0. The molecule has 0 spiro atoms. The molecular weight excluding hydrogens is 520 g/mol. The molecule has 1 aromatic carbocycles. The van der Waals surface area contributed by atoms with Crippen molar-refractivity contribution in [3.63, 3.8) is 0 Å². The Bertz CT molecular complexity index is 1280. The SMILES string of the molecule is NC(=O)[C@@H]1CC2CN1C(=O)[C@H](C1CCCC1)NC(=O)OC1CCC[C@H]1CCCCCc1nc3ccccc3cc1O2. The monoisotopic (exact) mass is 562 g/mol. The van der Waals surface area contributed by atoms with E-state index in [0.29, 0.717) is 18.1 Å². The Labute approximate surface area is 241 Å². The van der Waals surface area contributed by atoms with Crippen molar-refractivity contribution in [3.05, 3.63) is 36.0 Å². The minimum Gasteiger partial charge on any atom is -0.487 e. The molecule has 2 aliphatic heterocycles. The molecule has 3 amide bonds. The third kappa shape index (κ3) is 6.14. The Kier molecular flexibility index (Phi) is 8.30. The second-order valence-corrected chi connectivity index (χ2v) is 12.4. The van der Waals surface area contributed by atoms with E-state index >= 15 is 0 Å². The van der Waals surface area contributed by atoms with Crippen molar-refractivity contribution in [1.29, 1.82) is 0 Å². The van der Waals surface area contributed by atoms with Gasteiger partial charge in [0.2, 0.25) is 11.8 Å². The molecule has 9 nitrogen and oxygen atoms in total. The van der Waals surface area contributed by atoms with Gasteiger partial charge in [0.15, 0.2) is 0 Å². The van der Waals surface area contributed by atoms with E-state index in [1.54, 1.807) is 0 Å². The highest BCUT2D eigenvalue weighted by Gasteiger charge is 2.45. The van der Waals surface area contributed by atoms with Crippen LogP contribution >= 0.6 is 0 Å². The van der Waals surface area contributed by atoms with Gasteiger partial charge in [-0.3, -0.25) is 9.59 Å². The number of primary amides is 1. The number of carbonyl (C=O) groups is 3. The summed E-state index contributed by atoms with van der Waals surface area (Å²) in [4.78, 5) is 46.3. The minimum atomic E-state index is -0.799. The molecule has 2 aromatic rings. The van der Waals surface area contributed by atoms with Crippen molar-refractivity contribution in [2.75, 3.05) is 6.54 Å². The Morgan fingerprint density at radius 3 is 2.51 bits per heavy atom. The number of para-hydroxylation sites is 1. The summed E-state index contributed by atoms with van der Waals surface area (Å²) in [5.41, 5.74) is 7.66. The molecule has 3 heterocycles. The van der Waals surface area contributed by atoms with Crippen LogP contribution in [-0.4, -0.2) is 58.6 Å². The van der Waals surface area contributed by atoms with Gasteiger partial charge in [0.25, 0.3) is 0 Å². The summed E-state index contributed by atoms with van der Waals surface area (Å²) in [6, 6.07) is 8.48. The van der Waals surface area contributed by atoms with Gasteiger partial charge < -0.3 is 25.4 Å². The Morgan fingerprint density at radius 2 is 1.68 bits per heavy atom. The molecule has 2 unspecified atom stereocenters. The lowest BCUT2D eigenvalue weighted by Gasteiger charge is -2.31. The van der Waals surface area contributed by atoms with Crippen LogP contribution < -0.4 is 15.8 Å². The zero-order valence-electron chi connectivity index (χ0n) is 23.8. The van der Waals surface area contributed by atoms with E-state index in [2.05, 4.69) is 5.32 Å². The normalized spacial score (nSPS) is 30.0. The number of rotatable bonds is 2. The average molecular weight is 563 g/mol. The van der Waals surface area contributed by atoms with Gasteiger partial charge in [0, 0.05) is 11.8 Å². The molecule has 3 fully saturated rings. The number of nitrogens with one attached hydrogen (secondary N) is 1. The zero-order valence-corrected chi connectivity index (χ0v) is 23.8. The quantitative estimate of drug-likeness (QED) is 0.550. The van der Waals surface area contributed by atoms with Crippen LogP contribution in [0.25, 0.3) is 10.9 Å². The van der Waals surface area contributed by atoms with E-state index in [9.17, 15) is 14.4 Å². The number of aromatic nitrogens is 1. The lowest BCUT2D eigenvalue weighted by molar-refractivity contribution is -0.140. The second kappa shape index (κ2) is 12.2. The van der Waals surface area contributed by atoms with Crippen LogP contribution in [0.4, 0.5) is 4.79 Å². The number of carbonyl (C=O) groups excluding carboxylic acids is 3. The van der Waals surface area contributed by atoms with Gasteiger partial charge in [-0.05, 0) is 75.3 Å². The maximum Gasteiger partial charge on any atom is 0.408 e. The van der Waals surface area contributed by atoms with Gasteiger partial charge in [-0.25, -0.2) is 9.78 Å². The van der Waals surface area contributed by atoms with Crippen LogP contribution in [0.15, 0.2) is 30.3 Å². The van der Waals surface area contributed by atoms with E-state index in [1.165, 1.54) is 4.90 Å². The average Bonchev–Trinajstić information content (AvgIpc) is 3.73. The van der Waals surface area contributed by atoms with Gasteiger partial charge in [-0.1, -0.05) is 43.9 Å². The number of aryl methyl sites for hydroxylation is 1.